The van der Waals surface area contributed by atoms with E-state index in [0.717, 1.165) is 29.7 Å². The molecule has 2 rings (SSSR count). The molecule has 0 atom stereocenters. The smallest absolute Gasteiger partial charge is 0.107 e. The van der Waals surface area contributed by atoms with Crippen LogP contribution in [0.3, 0.4) is 0 Å². The Morgan fingerprint density at radius 3 is 3.00 bits per heavy atom. The van der Waals surface area contributed by atoms with Crippen LogP contribution in [0.2, 0.25) is 0 Å². The van der Waals surface area contributed by atoms with Gasteiger partial charge >= 0.3 is 0 Å². The molecule has 0 aliphatic carbocycles. The summed E-state index contributed by atoms with van der Waals surface area (Å²) in [4.78, 5) is 1.21. The van der Waals surface area contributed by atoms with E-state index < -0.39 is 0 Å². The highest BCUT2D eigenvalue weighted by Gasteiger charge is 2.11. The fourth-order valence-electron chi connectivity index (χ4n) is 1.71. The van der Waals surface area contributed by atoms with Gasteiger partial charge in [0.15, 0.2) is 0 Å². The number of aromatic nitrogens is 2. The molecule has 0 aliphatic heterocycles. The molecule has 2 heterocycles. The van der Waals surface area contributed by atoms with Gasteiger partial charge in [-0.3, -0.25) is 4.68 Å². The van der Waals surface area contributed by atoms with Gasteiger partial charge in [0.05, 0.1) is 4.88 Å². The highest BCUT2D eigenvalue weighted by atomic mass is 79.9. The predicted octanol–water partition coefficient (Wildman–Crippen LogP) is 3.41. The molecule has 0 unspecified atom stereocenters. The fourth-order valence-corrected chi connectivity index (χ4v) is 3.16. The van der Waals surface area contributed by atoms with Gasteiger partial charge in [-0.05, 0) is 35.0 Å². The second kappa shape index (κ2) is 5.80. The Hall–Kier alpha value is -0.650. The molecule has 0 fully saturated rings. The summed E-state index contributed by atoms with van der Waals surface area (Å²) in [6.07, 6.45) is 3.24. The summed E-state index contributed by atoms with van der Waals surface area (Å²) in [5, 5.41) is 10.1. The summed E-state index contributed by atoms with van der Waals surface area (Å²) < 4.78 is 3.00. The van der Waals surface area contributed by atoms with Crippen molar-refractivity contribution in [1.29, 1.82) is 0 Å². The van der Waals surface area contributed by atoms with Gasteiger partial charge in [0.1, 0.15) is 5.69 Å². The lowest BCUT2D eigenvalue weighted by atomic mass is 10.2. The zero-order valence-electron chi connectivity index (χ0n) is 10.0. The molecule has 17 heavy (non-hydrogen) atoms. The average molecular weight is 314 g/mol. The lowest BCUT2D eigenvalue weighted by molar-refractivity contribution is 0.675. The van der Waals surface area contributed by atoms with E-state index in [0.29, 0.717) is 0 Å². The second-order valence-electron chi connectivity index (χ2n) is 3.98. The molecule has 3 nitrogen and oxygen atoms in total. The standard InChI is InChI=1S/C12H16BrN3S/c1-3-4-14-6-9-7-16(2)15-12(9)11-5-10(13)8-17-11/h5,7-8,14H,3-4,6H2,1-2H3. The van der Waals surface area contributed by atoms with Crippen molar-refractivity contribution in [2.24, 2.45) is 7.05 Å². The van der Waals surface area contributed by atoms with E-state index in [9.17, 15) is 0 Å². The lowest BCUT2D eigenvalue weighted by Crippen LogP contribution is -2.13. The minimum Gasteiger partial charge on any atom is -0.313 e. The van der Waals surface area contributed by atoms with Crippen molar-refractivity contribution in [3.05, 3.63) is 27.7 Å². The van der Waals surface area contributed by atoms with E-state index >= 15 is 0 Å². The van der Waals surface area contributed by atoms with E-state index in [2.05, 4.69) is 50.9 Å². The van der Waals surface area contributed by atoms with Gasteiger partial charge in [0, 0.05) is 35.2 Å². The molecular weight excluding hydrogens is 298 g/mol. The van der Waals surface area contributed by atoms with Crippen LogP contribution in [0.1, 0.15) is 18.9 Å². The van der Waals surface area contributed by atoms with Crippen molar-refractivity contribution < 1.29 is 0 Å². The van der Waals surface area contributed by atoms with Gasteiger partial charge < -0.3 is 5.32 Å². The zero-order chi connectivity index (χ0) is 12.3. The van der Waals surface area contributed by atoms with Crippen LogP contribution < -0.4 is 5.32 Å². The first-order valence-corrected chi connectivity index (χ1v) is 7.35. The molecule has 5 heteroatoms. The molecule has 0 saturated carbocycles. The minimum atomic E-state index is 0.881. The van der Waals surface area contributed by atoms with E-state index in [1.807, 2.05) is 11.7 Å². The molecule has 0 aromatic carbocycles. The third-order valence-corrected chi connectivity index (χ3v) is 4.15. The molecule has 0 spiro atoms. The minimum absolute atomic E-state index is 0.881. The van der Waals surface area contributed by atoms with E-state index in [-0.39, 0.29) is 0 Å². The highest BCUT2D eigenvalue weighted by molar-refractivity contribution is 9.10. The monoisotopic (exact) mass is 313 g/mol. The first-order chi connectivity index (χ1) is 8.20. The number of hydrogen-bond acceptors (Lipinski definition) is 3. The van der Waals surface area contributed by atoms with Crippen LogP contribution in [0, 0.1) is 0 Å². The number of thiophene rings is 1. The number of rotatable bonds is 5. The first kappa shape index (κ1) is 12.8. The van der Waals surface area contributed by atoms with Crippen LogP contribution in [-0.2, 0) is 13.6 Å². The SMILES string of the molecule is CCCNCc1cn(C)nc1-c1cc(Br)cs1. The van der Waals surface area contributed by atoms with Crippen LogP contribution in [0.4, 0.5) is 0 Å². The summed E-state index contributed by atoms with van der Waals surface area (Å²) in [6.45, 7) is 4.10. The highest BCUT2D eigenvalue weighted by Crippen LogP contribution is 2.30. The Bertz CT molecular complexity index is 490. The molecule has 1 N–H and O–H groups in total. The summed E-state index contributed by atoms with van der Waals surface area (Å²) in [6, 6.07) is 2.12. The Balaban J connectivity index is 2.21. The van der Waals surface area contributed by atoms with Crippen LogP contribution >= 0.6 is 27.3 Å². The average Bonchev–Trinajstić information content (AvgIpc) is 2.85. The van der Waals surface area contributed by atoms with Gasteiger partial charge in [-0.15, -0.1) is 11.3 Å². The maximum absolute atomic E-state index is 4.54. The molecule has 0 radical (unpaired) electrons. The maximum Gasteiger partial charge on any atom is 0.107 e. The van der Waals surface area contributed by atoms with Crippen molar-refractivity contribution in [1.82, 2.24) is 15.1 Å². The quantitative estimate of drug-likeness (QED) is 0.857. The van der Waals surface area contributed by atoms with Crippen LogP contribution in [-0.4, -0.2) is 16.3 Å². The number of nitrogens with one attached hydrogen (secondary N) is 1. The lowest BCUT2D eigenvalue weighted by Gasteiger charge is -2.01. The van der Waals surface area contributed by atoms with Crippen molar-refractivity contribution in [3.8, 4) is 10.6 Å². The Labute approximate surface area is 114 Å². The second-order valence-corrected chi connectivity index (χ2v) is 5.81. The summed E-state index contributed by atoms with van der Waals surface area (Å²) in [5.74, 6) is 0. The topological polar surface area (TPSA) is 29.9 Å². The van der Waals surface area contributed by atoms with Crippen molar-refractivity contribution in [3.63, 3.8) is 0 Å². The fraction of sp³-hybridized carbons (Fsp3) is 0.417. The first-order valence-electron chi connectivity index (χ1n) is 5.68. The summed E-state index contributed by atoms with van der Waals surface area (Å²) in [5.41, 5.74) is 2.35. The van der Waals surface area contributed by atoms with Gasteiger partial charge in [0.2, 0.25) is 0 Å². The van der Waals surface area contributed by atoms with Gasteiger partial charge in [-0.25, -0.2) is 0 Å². The number of nitrogens with zero attached hydrogens (tertiary/aromatic N) is 2. The molecule has 92 valence electrons. The van der Waals surface area contributed by atoms with Gasteiger partial charge in [-0.2, -0.15) is 5.10 Å². The third-order valence-electron chi connectivity index (χ3n) is 2.45. The summed E-state index contributed by atoms with van der Waals surface area (Å²) >= 11 is 5.20. The van der Waals surface area contributed by atoms with E-state index in [4.69, 9.17) is 0 Å². The molecule has 2 aromatic heterocycles. The molecular formula is C12H16BrN3S. The van der Waals surface area contributed by atoms with E-state index in [1.165, 1.54) is 10.4 Å². The van der Waals surface area contributed by atoms with Crippen LogP contribution in [0.5, 0.6) is 0 Å². The van der Waals surface area contributed by atoms with Gasteiger partial charge in [-0.1, -0.05) is 6.92 Å². The van der Waals surface area contributed by atoms with Crippen LogP contribution in [0.15, 0.2) is 22.1 Å². The van der Waals surface area contributed by atoms with Crippen molar-refractivity contribution in [2.75, 3.05) is 6.54 Å². The van der Waals surface area contributed by atoms with Gasteiger partial charge in [0.25, 0.3) is 0 Å². The largest absolute Gasteiger partial charge is 0.313 e. The normalized spacial score (nSPS) is 11.0. The predicted molar refractivity (Wildman–Crippen MR) is 76.2 cm³/mol. The Morgan fingerprint density at radius 1 is 1.53 bits per heavy atom. The third kappa shape index (κ3) is 3.18. The number of hydrogen-bond donors (Lipinski definition) is 1. The molecule has 2 aromatic rings. The number of halogens is 1. The van der Waals surface area contributed by atoms with Crippen molar-refractivity contribution in [2.45, 2.75) is 19.9 Å². The van der Waals surface area contributed by atoms with Crippen molar-refractivity contribution >= 4 is 27.3 Å². The Morgan fingerprint density at radius 2 is 2.35 bits per heavy atom. The van der Waals surface area contributed by atoms with E-state index in [1.54, 1.807) is 11.3 Å². The maximum atomic E-state index is 4.54. The van der Waals surface area contributed by atoms with Crippen LogP contribution in [0.25, 0.3) is 10.6 Å². The number of aryl methyl sites for hydroxylation is 1. The molecule has 0 aliphatic rings. The molecule has 0 bridgehead atoms. The molecule has 0 saturated heterocycles. The summed E-state index contributed by atoms with van der Waals surface area (Å²) in [7, 11) is 1.97. The zero-order valence-corrected chi connectivity index (χ0v) is 12.4. The molecule has 0 amide bonds. The Kier molecular flexibility index (Phi) is 4.36.